The highest BCUT2D eigenvalue weighted by Gasteiger charge is 2.22. The molecule has 1 N–H and O–H groups in total. The molecule has 0 aliphatic heterocycles. The molecule has 2 atom stereocenters. The number of aliphatic hydroxyl groups excluding tert-OH is 1. The van der Waals surface area contributed by atoms with Crippen molar-refractivity contribution in [1.82, 2.24) is 0 Å². The van der Waals surface area contributed by atoms with Gasteiger partial charge in [0.25, 0.3) is 0 Å². The summed E-state index contributed by atoms with van der Waals surface area (Å²) >= 11 is 1.83. The largest absolute Gasteiger partial charge is 0.393 e. The number of rotatable bonds is 2. The van der Waals surface area contributed by atoms with Crippen LogP contribution in [-0.4, -0.2) is 11.2 Å². The third kappa shape index (κ3) is 2.45. The Morgan fingerprint density at radius 3 is 2.89 bits per heavy atom. The van der Waals surface area contributed by atoms with Crippen LogP contribution >= 0.6 is 11.3 Å². The van der Waals surface area contributed by atoms with Crippen LogP contribution in [0.3, 0.4) is 0 Å². The normalized spacial score (nSPS) is 25.2. The summed E-state index contributed by atoms with van der Waals surface area (Å²) in [6, 6.07) is 8.61. The van der Waals surface area contributed by atoms with E-state index >= 15 is 0 Å². The van der Waals surface area contributed by atoms with Crippen LogP contribution in [-0.2, 0) is 6.42 Å². The fourth-order valence-electron chi connectivity index (χ4n) is 3.08. The molecule has 1 heterocycles. The van der Waals surface area contributed by atoms with Crippen LogP contribution in [0, 0.1) is 5.92 Å². The second-order valence-electron chi connectivity index (χ2n) is 5.43. The summed E-state index contributed by atoms with van der Waals surface area (Å²) in [5.74, 6) is 0.463. The van der Waals surface area contributed by atoms with Crippen molar-refractivity contribution in [2.45, 2.75) is 44.6 Å². The van der Waals surface area contributed by atoms with E-state index < -0.39 is 0 Å². The zero-order valence-corrected chi connectivity index (χ0v) is 11.5. The van der Waals surface area contributed by atoms with Crippen molar-refractivity contribution >= 4 is 21.4 Å². The van der Waals surface area contributed by atoms with Crippen molar-refractivity contribution < 1.29 is 5.11 Å². The van der Waals surface area contributed by atoms with E-state index in [1.165, 1.54) is 41.3 Å². The van der Waals surface area contributed by atoms with Crippen LogP contribution in [0.25, 0.3) is 10.1 Å². The summed E-state index contributed by atoms with van der Waals surface area (Å²) in [5, 5.41) is 13.9. The zero-order valence-electron chi connectivity index (χ0n) is 10.6. The van der Waals surface area contributed by atoms with Crippen molar-refractivity contribution in [2.75, 3.05) is 0 Å². The van der Waals surface area contributed by atoms with Crippen LogP contribution in [0.5, 0.6) is 0 Å². The number of aliphatic hydroxyl groups is 1. The molecule has 1 nitrogen and oxygen atoms in total. The monoisotopic (exact) mass is 260 g/mol. The van der Waals surface area contributed by atoms with Gasteiger partial charge in [-0.05, 0) is 47.6 Å². The summed E-state index contributed by atoms with van der Waals surface area (Å²) in [7, 11) is 0. The van der Waals surface area contributed by atoms with E-state index in [0.29, 0.717) is 5.92 Å². The van der Waals surface area contributed by atoms with E-state index in [-0.39, 0.29) is 6.10 Å². The Bertz CT molecular complexity index is 517. The summed E-state index contributed by atoms with van der Waals surface area (Å²) in [4.78, 5) is 0. The first kappa shape index (κ1) is 12.2. The Hall–Kier alpha value is -0.860. The SMILES string of the molecule is OC1CCCCCC1Cc1csc2ccccc12. The molecule has 1 saturated carbocycles. The first-order valence-corrected chi connectivity index (χ1v) is 7.86. The molecule has 3 rings (SSSR count). The maximum atomic E-state index is 10.2. The Morgan fingerprint density at radius 1 is 1.11 bits per heavy atom. The van der Waals surface area contributed by atoms with Gasteiger partial charge in [0.05, 0.1) is 6.10 Å². The van der Waals surface area contributed by atoms with Crippen molar-refractivity contribution in [3.8, 4) is 0 Å². The third-order valence-corrected chi connectivity index (χ3v) is 5.17. The van der Waals surface area contributed by atoms with Gasteiger partial charge in [-0.3, -0.25) is 0 Å². The topological polar surface area (TPSA) is 20.2 Å². The Morgan fingerprint density at radius 2 is 1.94 bits per heavy atom. The van der Waals surface area contributed by atoms with E-state index in [0.717, 1.165) is 12.8 Å². The van der Waals surface area contributed by atoms with Gasteiger partial charge in [0, 0.05) is 4.70 Å². The summed E-state index contributed by atoms with van der Waals surface area (Å²) < 4.78 is 1.37. The molecular formula is C16H20OS. The molecule has 0 saturated heterocycles. The van der Waals surface area contributed by atoms with Gasteiger partial charge in [-0.25, -0.2) is 0 Å². The molecular weight excluding hydrogens is 240 g/mol. The van der Waals surface area contributed by atoms with Crippen molar-refractivity contribution in [3.05, 3.63) is 35.2 Å². The molecule has 0 radical (unpaired) electrons. The van der Waals surface area contributed by atoms with Gasteiger partial charge >= 0.3 is 0 Å². The lowest BCUT2D eigenvalue weighted by Gasteiger charge is -2.19. The van der Waals surface area contributed by atoms with Crippen LogP contribution in [0.2, 0.25) is 0 Å². The molecule has 2 unspecified atom stereocenters. The molecule has 1 aromatic heterocycles. The number of hydrogen-bond acceptors (Lipinski definition) is 2. The van der Waals surface area contributed by atoms with E-state index in [9.17, 15) is 5.11 Å². The molecule has 1 aromatic carbocycles. The maximum Gasteiger partial charge on any atom is 0.0571 e. The van der Waals surface area contributed by atoms with Gasteiger partial charge in [0.1, 0.15) is 0 Å². The molecule has 1 fully saturated rings. The summed E-state index contributed by atoms with van der Waals surface area (Å²) in [6.45, 7) is 0. The first-order valence-electron chi connectivity index (χ1n) is 6.98. The summed E-state index contributed by atoms with van der Waals surface area (Å²) in [6.07, 6.45) is 6.90. The second-order valence-corrected chi connectivity index (χ2v) is 6.34. The van der Waals surface area contributed by atoms with Crippen molar-refractivity contribution in [2.24, 2.45) is 5.92 Å². The molecule has 1 aliphatic carbocycles. The smallest absolute Gasteiger partial charge is 0.0571 e. The van der Waals surface area contributed by atoms with Gasteiger partial charge in [-0.1, -0.05) is 37.5 Å². The van der Waals surface area contributed by atoms with E-state index in [2.05, 4.69) is 29.6 Å². The molecule has 2 aromatic rings. The zero-order chi connectivity index (χ0) is 12.4. The molecule has 0 spiro atoms. The lowest BCUT2D eigenvalue weighted by molar-refractivity contribution is 0.101. The van der Waals surface area contributed by atoms with Crippen LogP contribution in [0.4, 0.5) is 0 Å². The molecule has 0 bridgehead atoms. The summed E-state index contributed by atoms with van der Waals surface area (Å²) in [5.41, 5.74) is 1.43. The molecule has 1 aliphatic rings. The minimum Gasteiger partial charge on any atom is -0.393 e. The highest BCUT2D eigenvalue weighted by atomic mass is 32.1. The van der Waals surface area contributed by atoms with E-state index in [4.69, 9.17) is 0 Å². The predicted molar refractivity (Wildman–Crippen MR) is 78.1 cm³/mol. The van der Waals surface area contributed by atoms with E-state index in [1.54, 1.807) is 0 Å². The number of fused-ring (bicyclic) bond motifs is 1. The Balaban J connectivity index is 1.82. The Kier molecular flexibility index (Phi) is 3.67. The van der Waals surface area contributed by atoms with Crippen LogP contribution in [0.15, 0.2) is 29.6 Å². The maximum absolute atomic E-state index is 10.2. The lowest BCUT2D eigenvalue weighted by atomic mass is 9.90. The minimum absolute atomic E-state index is 0.0915. The number of benzene rings is 1. The fraction of sp³-hybridized carbons (Fsp3) is 0.500. The molecule has 96 valence electrons. The highest BCUT2D eigenvalue weighted by molar-refractivity contribution is 7.17. The molecule has 0 amide bonds. The molecule has 18 heavy (non-hydrogen) atoms. The second kappa shape index (κ2) is 5.41. The van der Waals surface area contributed by atoms with Crippen molar-refractivity contribution in [1.29, 1.82) is 0 Å². The standard InChI is InChI=1S/C16H20OS/c17-15-8-3-1-2-6-12(15)10-13-11-18-16-9-5-4-7-14(13)16/h4-5,7,9,11-12,15,17H,1-3,6,8,10H2. The van der Waals surface area contributed by atoms with Crippen LogP contribution < -0.4 is 0 Å². The fourth-order valence-corrected chi connectivity index (χ4v) is 4.05. The van der Waals surface area contributed by atoms with E-state index in [1.807, 2.05) is 11.3 Å². The quantitative estimate of drug-likeness (QED) is 0.794. The van der Waals surface area contributed by atoms with Gasteiger partial charge in [-0.15, -0.1) is 11.3 Å². The predicted octanol–water partition coefficient (Wildman–Crippen LogP) is 4.39. The average Bonchev–Trinajstić information content (AvgIpc) is 2.69. The van der Waals surface area contributed by atoms with Gasteiger partial charge < -0.3 is 5.11 Å². The Labute approximate surface area is 112 Å². The minimum atomic E-state index is -0.0915. The van der Waals surface area contributed by atoms with Gasteiger partial charge in [-0.2, -0.15) is 0 Å². The highest BCUT2D eigenvalue weighted by Crippen LogP contribution is 2.32. The van der Waals surface area contributed by atoms with Gasteiger partial charge in [0.15, 0.2) is 0 Å². The number of hydrogen-bond donors (Lipinski definition) is 1. The van der Waals surface area contributed by atoms with Crippen molar-refractivity contribution in [3.63, 3.8) is 0 Å². The van der Waals surface area contributed by atoms with Gasteiger partial charge in [0.2, 0.25) is 0 Å². The van der Waals surface area contributed by atoms with Crippen LogP contribution in [0.1, 0.15) is 37.7 Å². The molecule has 2 heteroatoms. The average molecular weight is 260 g/mol. The first-order chi connectivity index (χ1) is 8.84. The third-order valence-electron chi connectivity index (χ3n) is 4.16. The lowest BCUT2D eigenvalue weighted by Crippen LogP contribution is -2.20. The number of thiophene rings is 1.